The van der Waals surface area contributed by atoms with Crippen molar-refractivity contribution in [2.45, 2.75) is 13.8 Å². The van der Waals surface area contributed by atoms with Crippen LogP contribution in [0.3, 0.4) is 0 Å². The Labute approximate surface area is 128 Å². The summed E-state index contributed by atoms with van der Waals surface area (Å²) in [6.45, 7) is 3.45. The van der Waals surface area contributed by atoms with Crippen molar-refractivity contribution in [3.05, 3.63) is 44.0 Å². The molecule has 0 spiro atoms. The number of nitrogen functional groups attached to an aromatic ring is 1. The first-order valence-electron chi connectivity index (χ1n) is 5.85. The highest BCUT2D eigenvalue weighted by atomic mass is 79.9. The molecule has 1 aromatic carbocycles. The van der Waals surface area contributed by atoms with Crippen LogP contribution in [0.2, 0.25) is 0 Å². The highest BCUT2D eigenvalue weighted by molar-refractivity contribution is 9.10. The first-order valence-corrected chi connectivity index (χ1v) is 6.64. The Morgan fingerprint density at radius 3 is 2.67 bits per heavy atom. The Morgan fingerprint density at radius 1 is 1.33 bits per heavy atom. The molecule has 0 radical (unpaired) electrons. The number of benzene rings is 1. The van der Waals surface area contributed by atoms with Crippen LogP contribution in [-0.2, 0) is 0 Å². The Hall–Kier alpha value is -2.26. The molecular formula is C12H12BrN5O3. The predicted molar refractivity (Wildman–Crippen MR) is 80.2 cm³/mol. The predicted octanol–water partition coefficient (Wildman–Crippen LogP) is 2.84. The normalized spacial score (nSPS) is 10.3. The number of rotatable bonds is 4. The second kappa shape index (κ2) is 6.02. The van der Waals surface area contributed by atoms with E-state index in [0.717, 1.165) is 0 Å². The number of hydrogen-bond acceptors (Lipinski definition) is 7. The summed E-state index contributed by atoms with van der Waals surface area (Å²) in [7, 11) is 0. The number of nitrogens with one attached hydrogen (secondary N) is 1. The van der Waals surface area contributed by atoms with Crippen molar-refractivity contribution in [2.24, 2.45) is 5.84 Å². The fraction of sp³-hybridized carbons (Fsp3) is 0.167. The molecule has 8 nitrogen and oxygen atoms in total. The Balaban J connectivity index is 2.48. The zero-order valence-corrected chi connectivity index (χ0v) is 12.8. The van der Waals surface area contributed by atoms with Crippen LogP contribution in [0.5, 0.6) is 11.6 Å². The van der Waals surface area contributed by atoms with E-state index in [9.17, 15) is 10.1 Å². The third-order valence-corrected chi connectivity index (χ3v) is 3.04. The van der Waals surface area contributed by atoms with Crippen LogP contribution in [-0.4, -0.2) is 14.9 Å². The van der Waals surface area contributed by atoms with Crippen molar-refractivity contribution in [2.75, 3.05) is 5.43 Å². The number of halogens is 1. The molecule has 110 valence electrons. The van der Waals surface area contributed by atoms with Crippen molar-refractivity contribution in [1.82, 2.24) is 9.97 Å². The third-order valence-electron chi connectivity index (χ3n) is 2.58. The maximum atomic E-state index is 11.1. The molecule has 2 aromatic rings. The van der Waals surface area contributed by atoms with Gasteiger partial charge in [-0.15, -0.1) is 0 Å². The van der Waals surface area contributed by atoms with Crippen molar-refractivity contribution < 1.29 is 9.66 Å². The van der Waals surface area contributed by atoms with Gasteiger partial charge in [0.15, 0.2) is 0 Å². The summed E-state index contributed by atoms with van der Waals surface area (Å²) in [6, 6.07) is 4.66. The molecule has 0 aliphatic heterocycles. The van der Waals surface area contributed by atoms with Gasteiger partial charge in [0.1, 0.15) is 0 Å². The van der Waals surface area contributed by atoms with E-state index in [-0.39, 0.29) is 23.3 Å². The van der Waals surface area contributed by atoms with Gasteiger partial charge in [0.2, 0.25) is 17.6 Å². The largest absolute Gasteiger partial charge is 0.431 e. The van der Waals surface area contributed by atoms with Gasteiger partial charge in [-0.25, -0.2) is 10.8 Å². The smallest absolute Gasteiger partial charge is 0.313 e. The number of nitro groups is 1. The molecule has 0 aliphatic carbocycles. The summed E-state index contributed by atoms with van der Waals surface area (Å²) in [5.41, 5.74) is 3.38. The van der Waals surface area contributed by atoms with Gasteiger partial charge in [-0.1, -0.05) is 15.9 Å². The topological polar surface area (TPSA) is 116 Å². The number of ether oxygens (including phenoxy) is 1. The molecule has 0 bridgehead atoms. The Kier molecular flexibility index (Phi) is 4.34. The van der Waals surface area contributed by atoms with Crippen LogP contribution < -0.4 is 16.0 Å². The number of nitrogens with zero attached hydrogens (tertiary/aromatic N) is 3. The van der Waals surface area contributed by atoms with Crippen molar-refractivity contribution in [3.8, 4) is 11.6 Å². The summed E-state index contributed by atoms with van der Waals surface area (Å²) in [6.07, 6.45) is 0. The second-order valence-corrected chi connectivity index (χ2v) is 5.16. The maximum absolute atomic E-state index is 11.1. The molecule has 3 N–H and O–H groups in total. The molecule has 21 heavy (non-hydrogen) atoms. The highest BCUT2D eigenvalue weighted by Gasteiger charge is 2.20. The molecule has 2 rings (SSSR count). The number of hydrazine groups is 1. The van der Waals surface area contributed by atoms with Crippen molar-refractivity contribution in [1.29, 1.82) is 0 Å². The van der Waals surface area contributed by atoms with Crippen molar-refractivity contribution >= 4 is 27.6 Å². The van der Waals surface area contributed by atoms with Crippen molar-refractivity contribution in [3.63, 3.8) is 0 Å². The minimum Gasteiger partial charge on any atom is -0.431 e. The number of nitrogens with two attached hydrogens (primary N) is 1. The molecular weight excluding hydrogens is 342 g/mol. The highest BCUT2D eigenvalue weighted by Crippen LogP contribution is 2.36. The first kappa shape index (κ1) is 15.1. The van der Waals surface area contributed by atoms with E-state index < -0.39 is 4.92 Å². The standard InChI is InChI=1S/C12H12BrN5O3/c1-6-3-8(13)5-9(18(19)20)11(6)21-10-4-7(2)15-12(16-10)17-14/h3-5H,14H2,1-2H3,(H,15,16,17). The van der Waals surface area contributed by atoms with Gasteiger partial charge < -0.3 is 4.74 Å². The van der Waals surface area contributed by atoms with Gasteiger partial charge in [-0.3, -0.25) is 15.5 Å². The van der Waals surface area contributed by atoms with Crippen LogP contribution >= 0.6 is 15.9 Å². The Morgan fingerprint density at radius 2 is 2.05 bits per heavy atom. The minimum absolute atomic E-state index is 0.129. The zero-order valence-electron chi connectivity index (χ0n) is 11.3. The SMILES string of the molecule is Cc1cc(Oc2c(C)cc(Br)cc2[N+](=O)[O-])nc(NN)n1. The zero-order chi connectivity index (χ0) is 15.6. The monoisotopic (exact) mass is 353 g/mol. The molecule has 0 atom stereocenters. The van der Waals surface area contributed by atoms with E-state index >= 15 is 0 Å². The van der Waals surface area contributed by atoms with Gasteiger partial charge in [0.25, 0.3) is 0 Å². The van der Waals surface area contributed by atoms with E-state index in [1.807, 2.05) is 0 Å². The molecule has 1 heterocycles. The van der Waals surface area contributed by atoms with E-state index in [4.69, 9.17) is 10.6 Å². The fourth-order valence-corrected chi connectivity index (χ4v) is 2.30. The van der Waals surface area contributed by atoms with E-state index in [0.29, 0.717) is 15.7 Å². The average molecular weight is 354 g/mol. The van der Waals surface area contributed by atoms with Gasteiger partial charge >= 0.3 is 5.69 Å². The van der Waals surface area contributed by atoms with E-state index in [1.165, 1.54) is 6.07 Å². The summed E-state index contributed by atoms with van der Waals surface area (Å²) in [5.74, 6) is 5.73. The summed E-state index contributed by atoms with van der Waals surface area (Å²) in [5, 5.41) is 11.1. The molecule has 0 aliphatic rings. The number of hydrogen-bond donors (Lipinski definition) is 2. The first-order chi connectivity index (χ1) is 9.90. The number of nitro benzene ring substituents is 1. The lowest BCUT2D eigenvalue weighted by molar-refractivity contribution is -0.385. The maximum Gasteiger partial charge on any atom is 0.313 e. The Bertz CT molecular complexity index is 708. The lowest BCUT2D eigenvalue weighted by Crippen LogP contribution is -2.11. The molecule has 0 amide bonds. The van der Waals surface area contributed by atoms with Crippen LogP contribution in [0.4, 0.5) is 11.6 Å². The van der Waals surface area contributed by atoms with Gasteiger partial charge in [0, 0.05) is 27.9 Å². The average Bonchev–Trinajstić information content (AvgIpc) is 2.40. The fourth-order valence-electron chi connectivity index (χ4n) is 1.74. The van der Waals surface area contributed by atoms with E-state index in [2.05, 4.69) is 31.3 Å². The molecule has 0 unspecified atom stereocenters. The molecule has 0 fully saturated rings. The summed E-state index contributed by atoms with van der Waals surface area (Å²) >= 11 is 3.22. The molecule has 1 aromatic heterocycles. The van der Waals surface area contributed by atoms with Gasteiger partial charge in [-0.05, 0) is 19.9 Å². The summed E-state index contributed by atoms with van der Waals surface area (Å²) in [4.78, 5) is 18.7. The third kappa shape index (κ3) is 3.44. The van der Waals surface area contributed by atoms with Crippen LogP contribution in [0.1, 0.15) is 11.3 Å². The van der Waals surface area contributed by atoms with Crippen LogP contribution in [0.25, 0.3) is 0 Å². The van der Waals surface area contributed by atoms with E-state index in [1.54, 1.807) is 26.0 Å². The number of anilines is 1. The number of aryl methyl sites for hydroxylation is 2. The van der Waals surface area contributed by atoms with Crippen LogP contribution in [0, 0.1) is 24.0 Å². The lowest BCUT2D eigenvalue weighted by atomic mass is 10.2. The number of aromatic nitrogens is 2. The second-order valence-electron chi connectivity index (χ2n) is 4.25. The van der Waals surface area contributed by atoms with Gasteiger partial charge in [-0.2, -0.15) is 4.98 Å². The lowest BCUT2D eigenvalue weighted by Gasteiger charge is -2.10. The molecule has 9 heteroatoms. The quantitative estimate of drug-likeness (QED) is 0.493. The molecule has 0 saturated heterocycles. The van der Waals surface area contributed by atoms with Gasteiger partial charge in [0.05, 0.1) is 4.92 Å². The summed E-state index contributed by atoms with van der Waals surface area (Å²) < 4.78 is 6.17. The minimum atomic E-state index is -0.511. The van der Waals surface area contributed by atoms with Crippen LogP contribution in [0.15, 0.2) is 22.7 Å². The molecule has 0 saturated carbocycles.